The third kappa shape index (κ3) is 3.54. The zero-order valence-electron chi connectivity index (χ0n) is 17.8. The van der Waals surface area contributed by atoms with Crippen molar-refractivity contribution < 1.29 is 9.59 Å². The van der Waals surface area contributed by atoms with Gasteiger partial charge in [-0.15, -0.1) is 11.3 Å². The molecule has 0 unspecified atom stereocenters. The summed E-state index contributed by atoms with van der Waals surface area (Å²) in [6.07, 6.45) is 0.681. The number of amides is 2. The molecule has 0 N–H and O–H groups in total. The first-order valence-corrected chi connectivity index (χ1v) is 11.0. The van der Waals surface area contributed by atoms with E-state index in [1.54, 1.807) is 18.3 Å². The van der Waals surface area contributed by atoms with E-state index in [0.29, 0.717) is 6.42 Å². The zero-order valence-corrected chi connectivity index (χ0v) is 18.6. The minimum absolute atomic E-state index is 0.00212. The fraction of sp³-hybridized carbons (Fsp3) is 0.280. The zero-order chi connectivity index (χ0) is 21.4. The number of rotatable bonds is 3. The van der Waals surface area contributed by atoms with Gasteiger partial charge in [0.2, 0.25) is 5.91 Å². The molecular weight excluding hydrogens is 392 g/mol. The van der Waals surface area contributed by atoms with Gasteiger partial charge in [0.1, 0.15) is 0 Å². The maximum absolute atomic E-state index is 13.5. The molecule has 0 bridgehead atoms. The monoisotopic (exact) mass is 418 g/mol. The predicted molar refractivity (Wildman–Crippen MR) is 123 cm³/mol. The van der Waals surface area contributed by atoms with Crippen molar-refractivity contribution in [1.29, 1.82) is 0 Å². The third-order valence-corrected chi connectivity index (χ3v) is 6.84. The summed E-state index contributed by atoms with van der Waals surface area (Å²) in [5.74, 6) is 0.0378. The van der Waals surface area contributed by atoms with Gasteiger partial charge in [0.25, 0.3) is 5.91 Å². The molecule has 30 heavy (non-hydrogen) atoms. The Morgan fingerprint density at radius 2 is 1.70 bits per heavy atom. The molecule has 154 valence electrons. The summed E-state index contributed by atoms with van der Waals surface area (Å²) >= 11 is 1.55. The highest BCUT2D eigenvalue weighted by atomic mass is 32.1. The minimum atomic E-state index is -0.119. The molecule has 2 atom stereocenters. The molecule has 0 saturated heterocycles. The first-order valence-electron chi connectivity index (χ1n) is 10.2. The van der Waals surface area contributed by atoms with Crippen molar-refractivity contribution in [3.05, 3.63) is 81.5 Å². The Morgan fingerprint density at radius 3 is 2.33 bits per heavy atom. The quantitative estimate of drug-likeness (QED) is 0.531. The van der Waals surface area contributed by atoms with Crippen molar-refractivity contribution in [1.82, 2.24) is 0 Å². The fourth-order valence-electron chi connectivity index (χ4n) is 4.47. The first kappa shape index (κ1) is 20.4. The van der Waals surface area contributed by atoms with Crippen molar-refractivity contribution in [2.75, 3.05) is 9.80 Å². The molecule has 1 aliphatic heterocycles. The van der Waals surface area contributed by atoms with E-state index in [1.165, 1.54) is 0 Å². The average molecular weight is 419 g/mol. The van der Waals surface area contributed by atoms with E-state index in [1.807, 2.05) is 78.2 Å². The Bertz CT molecular complexity index is 1090. The van der Waals surface area contributed by atoms with Gasteiger partial charge >= 0.3 is 0 Å². The van der Waals surface area contributed by atoms with Crippen LogP contribution in [0.2, 0.25) is 0 Å². The van der Waals surface area contributed by atoms with Crippen molar-refractivity contribution in [3.8, 4) is 0 Å². The van der Waals surface area contributed by atoms with Crippen LogP contribution in [0.1, 0.15) is 52.0 Å². The van der Waals surface area contributed by atoms with Gasteiger partial charge in [-0.05, 0) is 62.6 Å². The predicted octanol–water partition coefficient (Wildman–Crippen LogP) is 5.90. The molecule has 4 rings (SSSR count). The largest absolute Gasteiger partial charge is 0.305 e. The van der Waals surface area contributed by atoms with E-state index in [0.717, 1.165) is 32.3 Å². The average Bonchev–Trinajstić information content (AvgIpc) is 3.06. The van der Waals surface area contributed by atoms with Crippen molar-refractivity contribution >= 4 is 34.5 Å². The Morgan fingerprint density at radius 1 is 1.03 bits per heavy atom. The van der Waals surface area contributed by atoms with E-state index in [9.17, 15) is 9.59 Å². The number of aryl methyl sites for hydroxylation is 2. The summed E-state index contributed by atoms with van der Waals surface area (Å²) in [6.45, 7) is 7.70. The number of para-hydroxylation sites is 2. The van der Waals surface area contributed by atoms with Crippen LogP contribution in [0.25, 0.3) is 0 Å². The summed E-state index contributed by atoms with van der Waals surface area (Å²) in [5.41, 5.74) is 3.79. The summed E-state index contributed by atoms with van der Waals surface area (Å²) in [7, 11) is 0. The van der Waals surface area contributed by atoms with Gasteiger partial charge in [-0.3, -0.25) is 9.59 Å². The summed E-state index contributed by atoms with van der Waals surface area (Å²) in [4.78, 5) is 31.9. The number of fused-ring (bicyclic) bond motifs is 1. The summed E-state index contributed by atoms with van der Waals surface area (Å²) < 4.78 is 0. The van der Waals surface area contributed by atoms with Gasteiger partial charge in [0.05, 0.1) is 10.9 Å². The van der Waals surface area contributed by atoms with Crippen LogP contribution in [0.5, 0.6) is 0 Å². The van der Waals surface area contributed by atoms with Gasteiger partial charge in [-0.25, -0.2) is 0 Å². The van der Waals surface area contributed by atoms with Crippen molar-refractivity contribution in [2.24, 2.45) is 0 Å². The van der Waals surface area contributed by atoms with E-state index in [4.69, 9.17) is 0 Å². The number of anilines is 2. The smallest absolute Gasteiger partial charge is 0.268 e. The molecule has 0 spiro atoms. The van der Waals surface area contributed by atoms with Gasteiger partial charge in [0, 0.05) is 29.2 Å². The molecule has 1 aromatic heterocycles. The molecule has 2 amide bonds. The molecule has 0 fully saturated rings. The highest BCUT2D eigenvalue weighted by Crippen LogP contribution is 2.43. The number of hydrogen-bond acceptors (Lipinski definition) is 3. The number of hydrogen-bond donors (Lipinski definition) is 0. The second-order valence-corrected chi connectivity index (χ2v) is 9.18. The molecule has 2 heterocycles. The Balaban J connectivity index is 1.80. The van der Waals surface area contributed by atoms with Crippen LogP contribution in [0.15, 0.2) is 60.7 Å². The molecule has 0 saturated carbocycles. The molecule has 1 aliphatic rings. The van der Waals surface area contributed by atoms with E-state index < -0.39 is 0 Å². The van der Waals surface area contributed by atoms with Crippen LogP contribution in [0, 0.1) is 13.8 Å². The van der Waals surface area contributed by atoms with Gasteiger partial charge in [-0.2, -0.15) is 0 Å². The number of thiophene rings is 1. The maximum atomic E-state index is 13.5. The Labute approximate surface area is 181 Å². The van der Waals surface area contributed by atoms with Crippen LogP contribution in [0.4, 0.5) is 11.4 Å². The van der Waals surface area contributed by atoms with Crippen LogP contribution in [0.3, 0.4) is 0 Å². The van der Waals surface area contributed by atoms with Crippen LogP contribution in [-0.4, -0.2) is 17.9 Å². The molecular formula is C25H26N2O2S. The second kappa shape index (κ2) is 8.07. The van der Waals surface area contributed by atoms with Crippen molar-refractivity contribution in [2.45, 2.75) is 46.2 Å². The molecule has 5 heteroatoms. The molecule has 0 radical (unpaired) electrons. The van der Waals surface area contributed by atoms with Crippen LogP contribution < -0.4 is 9.80 Å². The van der Waals surface area contributed by atoms with Gasteiger partial charge in [0.15, 0.2) is 0 Å². The summed E-state index contributed by atoms with van der Waals surface area (Å²) in [5, 5.41) is 0. The van der Waals surface area contributed by atoms with E-state index in [-0.39, 0.29) is 23.9 Å². The van der Waals surface area contributed by atoms with Gasteiger partial charge in [-0.1, -0.05) is 36.4 Å². The highest BCUT2D eigenvalue weighted by molar-refractivity contribution is 7.14. The lowest BCUT2D eigenvalue weighted by Crippen LogP contribution is -2.47. The molecule has 3 aromatic rings. The SMILES string of the molecule is CC(=O)N(c1ccccc1)[C@@H]1C[C@H](C)N(C(=O)c2sc(C)cc2C)c2ccccc21. The Kier molecular flexibility index (Phi) is 5.48. The standard InChI is InChI=1S/C25H26N2O2S/c1-16-14-18(3)30-24(16)25(29)26-17(2)15-23(21-12-8-9-13-22(21)26)27(19(4)28)20-10-6-5-7-11-20/h5-14,17,23H,15H2,1-4H3/t17-,23+/m0/s1. The minimum Gasteiger partial charge on any atom is -0.305 e. The fourth-order valence-corrected chi connectivity index (χ4v) is 5.43. The first-order chi connectivity index (χ1) is 14.4. The van der Waals surface area contributed by atoms with E-state index in [2.05, 4.69) is 13.0 Å². The molecule has 4 nitrogen and oxygen atoms in total. The highest BCUT2D eigenvalue weighted by Gasteiger charge is 2.38. The lowest BCUT2D eigenvalue weighted by Gasteiger charge is -2.43. The molecule has 0 aliphatic carbocycles. The van der Waals surface area contributed by atoms with Crippen LogP contribution >= 0.6 is 11.3 Å². The van der Waals surface area contributed by atoms with Crippen LogP contribution in [-0.2, 0) is 4.79 Å². The molecule has 2 aromatic carbocycles. The summed E-state index contributed by atoms with van der Waals surface area (Å²) in [6, 6.07) is 19.6. The van der Waals surface area contributed by atoms with Crippen molar-refractivity contribution in [3.63, 3.8) is 0 Å². The van der Waals surface area contributed by atoms with Gasteiger partial charge < -0.3 is 9.80 Å². The topological polar surface area (TPSA) is 40.6 Å². The Hall–Kier alpha value is -2.92. The number of benzene rings is 2. The normalized spacial score (nSPS) is 18.1. The third-order valence-electron chi connectivity index (χ3n) is 5.70. The maximum Gasteiger partial charge on any atom is 0.268 e. The second-order valence-electron chi connectivity index (χ2n) is 7.93. The number of carbonyl (C=O) groups excluding carboxylic acids is 2. The lowest BCUT2D eigenvalue weighted by atomic mass is 9.89. The van der Waals surface area contributed by atoms with E-state index >= 15 is 0 Å². The number of nitrogens with zero attached hydrogens (tertiary/aromatic N) is 2. The number of carbonyl (C=O) groups is 2. The lowest BCUT2D eigenvalue weighted by molar-refractivity contribution is -0.117.